The van der Waals surface area contributed by atoms with Gasteiger partial charge in [0.2, 0.25) is 0 Å². The van der Waals surface area contributed by atoms with E-state index in [0.717, 1.165) is 6.07 Å². The first-order valence-electron chi connectivity index (χ1n) is 6.29. The van der Waals surface area contributed by atoms with E-state index in [1.165, 1.54) is 36.4 Å². The number of aryl methyl sites for hydroxylation is 1. The second-order valence-corrected chi connectivity index (χ2v) is 7.24. The standard InChI is InChI=1S/C14H11ClN2O5S/c1-9-7-11(17(19)20)5-6-13(9)16-14(18)10-3-2-4-12(8-10)23(15,21)22/h2-8H,1H3,(H,16,18). The van der Waals surface area contributed by atoms with Crippen molar-refractivity contribution >= 4 is 37.0 Å². The third-order valence-electron chi connectivity index (χ3n) is 3.05. The highest BCUT2D eigenvalue weighted by atomic mass is 35.7. The molecule has 0 unspecified atom stereocenters. The number of anilines is 1. The molecule has 0 heterocycles. The van der Waals surface area contributed by atoms with E-state index in [4.69, 9.17) is 10.7 Å². The topological polar surface area (TPSA) is 106 Å². The molecule has 1 N–H and O–H groups in total. The average molecular weight is 355 g/mol. The summed E-state index contributed by atoms with van der Waals surface area (Å²) < 4.78 is 22.6. The van der Waals surface area contributed by atoms with E-state index < -0.39 is 19.9 Å². The van der Waals surface area contributed by atoms with Crippen LogP contribution in [0.3, 0.4) is 0 Å². The fraction of sp³-hybridized carbons (Fsp3) is 0.0714. The SMILES string of the molecule is Cc1cc([N+](=O)[O-])ccc1NC(=O)c1cccc(S(=O)(=O)Cl)c1. The lowest BCUT2D eigenvalue weighted by Gasteiger charge is -2.08. The molecule has 23 heavy (non-hydrogen) atoms. The van der Waals surface area contributed by atoms with Crippen molar-refractivity contribution in [3.63, 3.8) is 0 Å². The summed E-state index contributed by atoms with van der Waals surface area (Å²) in [4.78, 5) is 22.1. The lowest BCUT2D eigenvalue weighted by Crippen LogP contribution is -2.13. The van der Waals surface area contributed by atoms with Crippen LogP contribution in [0.25, 0.3) is 0 Å². The van der Waals surface area contributed by atoms with E-state index in [1.54, 1.807) is 6.92 Å². The van der Waals surface area contributed by atoms with Crippen LogP contribution in [0.2, 0.25) is 0 Å². The van der Waals surface area contributed by atoms with Crippen LogP contribution in [0.1, 0.15) is 15.9 Å². The first-order chi connectivity index (χ1) is 10.7. The number of amides is 1. The molecule has 0 radical (unpaired) electrons. The highest BCUT2D eigenvalue weighted by Gasteiger charge is 2.15. The number of nitro benzene ring substituents is 1. The van der Waals surface area contributed by atoms with E-state index in [1.807, 2.05) is 0 Å². The van der Waals surface area contributed by atoms with E-state index in [2.05, 4.69) is 5.32 Å². The molecule has 120 valence electrons. The Morgan fingerprint density at radius 2 is 1.91 bits per heavy atom. The Balaban J connectivity index is 2.28. The third-order valence-corrected chi connectivity index (χ3v) is 4.40. The number of nitrogens with zero attached hydrogens (tertiary/aromatic N) is 1. The highest BCUT2D eigenvalue weighted by Crippen LogP contribution is 2.22. The Labute approximate surface area is 136 Å². The molecule has 0 aliphatic heterocycles. The van der Waals surface area contributed by atoms with Crippen molar-refractivity contribution in [3.05, 3.63) is 63.7 Å². The van der Waals surface area contributed by atoms with Crippen molar-refractivity contribution in [2.24, 2.45) is 0 Å². The summed E-state index contributed by atoms with van der Waals surface area (Å²) in [6, 6.07) is 9.26. The van der Waals surface area contributed by atoms with Gasteiger partial charge in [-0.2, -0.15) is 0 Å². The summed E-state index contributed by atoms with van der Waals surface area (Å²) >= 11 is 0. The molecule has 7 nitrogen and oxygen atoms in total. The van der Waals surface area contributed by atoms with Crippen LogP contribution in [0.5, 0.6) is 0 Å². The summed E-state index contributed by atoms with van der Waals surface area (Å²) in [5.41, 5.74) is 0.911. The Hall–Kier alpha value is -2.45. The quantitative estimate of drug-likeness (QED) is 0.516. The Morgan fingerprint density at radius 1 is 1.22 bits per heavy atom. The third kappa shape index (κ3) is 4.05. The van der Waals surface area contributed by atoms with E-state index in [-0.39, 0.29) is 16.1 Å². The molecular weight excluding hydrogens is 344 g/mol. The van der Waals surface area contributed by atoms with Crippen LogP contribution >= 0.6 is 10.7 Å². The van der Waals surface area contributed by atoms with Gasteiger partial charge in [-0.15, -0.1) is 0 Å². The molecule has 0 aliphatic carbocycles. The molecule has 2 aromatic rings. The van der Waals surface area contributed by atoms with Crippen LogP contribution in [-0.2, 0) is 9.05 Å². The predicted molar refractivity (Wildman–Crippen MR) is 85.3 cm³/mol. The molecule has 0 saturated carbocycles. The van der Waals surface area contributed by atoms with Gasteiger partial charge in [0.25, 0.3) is 20.6 Å². The highest BCUT2D eigenvalue weighted by molar-refractivity contribution is 8.13. The molecular formula is C14H11ClN2O5S. The number of rotatable bonds is 4. The molecule has 2 aromatic carbocycles. The fourth-order valence-electron chi connectivity index (χ4n) is 1.89. The van der Waals surface area contributed by atoms with Gasteiger partial charge in [-0.05, 0) is 36.8 Å². The molecule has 2 rings (SSSR count). The van der Waals surface area contributed by atoms with Crippen molar-refractivity contribution in [2.75, 3.05) is 5.32 Å². The summed E-state index contributed by atoms with van der Waals surface area (Å²) in [6.45, 7) is 1.61. The second-order valence-electron chi connectivity index (χ2n) is 4.68. The predicted octanol–water partition coefficient (Wildman–Crippen LogP) is 3.08. The number of carbonyl (C=O) groups is 1. The molecule has 9 heteroatoms. The molecule has 0 aromatic heterocycles. The number of non-ortho nitro benzene ring substituents is 1. The van der Waals surface area contributed by atoms with Crippen LogP contribution in [-0.4, -0.2) is 19.2 Å². The molecule has 1 amide bonds. The van der Waals surface area contributed by atoms with Gasteiger partial charge in [-0.3, -0.25) is 14.9 Å². The zero-order valence-corrected chi connectivity index (χ0v) is 13.4. The maximum absolute atomic E-state index is 12.2. The minimum Gasteiger partial charge on any atom is -0.322 e. The molecule has 0 saturated heterocycles. The maximum atomic E-state index is 12.2. The van der Waals surface area contributed by atoms with Crippen molar-refractivity contribution in [1.82, 2.24) is 0 Å². The van der Waals surface area contributed by atoms with Gasteiger partial charge in [0.05, 0.1) is 9.82 Å². The fourth-order valence-corrected chi connectivity index (χ4v) is 2.68. The monoisotopic (exact) mass is 354 g/mol. The maximum Gasteiger partial charge on any atom is 0.269 e. The minimum absolute atomic E-state index is 0.0873. The van der Waals surface area contributed by atoms with Crippen LogP contribution < -0.4 is 5.32 Å². The minimum atomic E-state index is -3.94. The molecule has 0 aliphatic rings. The van der Waals surface area contributed by atoms with Gasteiger partial charge in [0.15, 0.2) is 0 Å². The summed E-state index contributed by atoms with van der Waals surface area (Å²) in [6.07, 6.45) is 0. The average Bonchev–Trinajstić information content (AvgIpc) is 2.48. The first kappa shape index (κ1) is 16.9. The number of carbonyl (C=O) groups excluding carboxylic acids is 1. The Bertz CT molecular complexity index is 896. The number of hydrogen-bond acceptors (Lipinski definition) is 5. The largest absolute Gasteiger partial charge is 0.322 e. The normalized spacial score (nSPS) is 11.0. The Morgan fingerprint density at radius 3 is 2.48 bits per heavy atom. The lowest BCUT2D eigenvalue weighted by molar-refractivity contribution is -0.384. The first-order valence-corrected chi connectivity index (χ1v) is 8.60. The van der Waals surface area contributed by atoms with E-state index in [0.29, 0.717) is 11.3 Å². The number of nitro groups is 1. The summed E-state index contributed by atoms with van der Waals surface area (Å²) in [7, 11) is 1.31. The molecule has 0 atom stereocenters. The van der Waals surface area contributed by atoms with Gasteiger partial charge >= 0.3 is 0 Å². The number of halogens is 1. The molecule has 0 spiro atoms. The van der Waals surface area contributed by atoms with Crippen LogP contribution in [0.4, 0.5) is 11.4 Å². The smallest absolute Gasteiger partial charge is 0.269 e. The van der Waals surface area contributed by atoms with Gasteiger partial charge in [-0.25, -0.2) is 8.42 Å². The molecule has 0 bridgehead atoms. The molecule has 0 fully saturated rings. The van der Waals surface area contributed by atoms with Crippen LogP contribution in [0, 0.1) is 17.0 Å². The van der Waals surface area contributed by atoms with Gasteiger partial charge in [-0.1, -0.05) is 6.07 Å². The van der Waals surface area contributed by atoms with Gasteiger partial charge in [0, 0.05) is 34.1 Å². The zero-order valence-electron chi connectivity index (χ0n) is 11.8. The van der Waals surface area contributed by atoms with Crippen molar-refractivity contribution in [3.8, 4) is 0 Å². The number of nitrogens with one attached hydrogen (secondary N) is 1. The van der Waals surface area contributed by atoms with Gasteiger partial charge < -0.3 is 5.32 Å². The number of hydrogen-bond donors (Lipinski definition) is 1. The van der Waals surface area contributed by atoms with E-state index in [9.17, 15) is 23.3 Å². The van der Waals surface area contributed by atoms with Crippen LogP contribution in [0.15, 0.2) is 47.4 Å². The van der Waals surface area contributed by atoms with Crippen molar-refractivity contribution in [2.45, 2.75) is 11.8 Å². The second kappa shape index (κ2) is 6.35. The van der Waals surface area contributed by atoms with E-state index >= 15 is 0 Å². The summed E-state index contributed by atoms with van der Waals surface area (Å²) in [5, 5.41) is 13.3. The van der Waals surface area contributed by atoms with Crippen molar-refractivity contribution in [1.29, 1.82) is 0 Å². The zero-order chi connectivity index (χ0) is 17.2. The number of benzene rings is 2. The van der Waals surface area contributed by atoms with Crippen molar-refractivity contribution < 1.29 is 18.1 Å². The van der Waals surface area contributed by atoms with Gasteiger partial charge in [0.1, 0.15) is 0 Å². The summed E-state index contributed by atoms with van der Waals surface area (Å²) in [5.74, 6) is -0.552. The Kier molecular flexibility index (Phi) is 4.67. The lowest BCUT2D eigenvalue weighted by atomic mass is 10.1.